The van der Waals surface area contributed by atoms with E-state index in [2.05, 4.69) is 18.6 Å². The van der Waals surface area contributed by atoms with Crippen molar-refractivity contribution in [2.45, 2.75) is 33.7 Å². The molecule has 2 rings (SSSR count). The van der Waals surface area contributed by atoms with Gasteiger partial charge in [0, 0.05) is 25.8 Å². The Bertz CT molecular complexity index is 657. The Kier molecular flexibility index (Phi) is 5.23. The van der Waals surface area contributed by atoms with E-state index in [1.807, 2.05) is 0 Å². The Hall–Kier alpha value is -2.11. The number of hydrogen-bond donors (Lipinski definition) is 0. The molecule has 6 heteroatoms. The van der Waals surface area contributed by atoms with Gasteiger partial charge in [0.15, 0.2) is 0 Å². The van der Waals surface area contributed by atoms with Crippen molar-refractivity contribution in [2.75, 3.05) is 20.2 Å². The molecule has 0 unspecified atom stereocenters. The lowest BCUT2D eigenvalue weighted by Crippen LogP contribution is -2.54. The van der Waals surface area contributed by atoms with E-state index in [4.69, 9.17) is 0 Å². The van der Waals surface area contributed by atoms with Crippen LogP contribution in [0.3, 0.4) is 0 Å². The summed E-state index contributed by atoms with van der Waals surface area (Å²) in [4.78, 5) is 38.1. The van der Waals surface area contributed by atoms with Gasteiger partial charge in [-0.15, -0.1) is 0 Å². The number of aryl methyl sites for hydroxylation is 2. The van der Waals surface area contributed by atoms with E-state index in [1.54, 1.807) is 23.8 Å². The molecule has 0 aliphatic carbocycles. The number of pyridine rings is 1. The fraction of sp³-hybridized carbons (Fsp3) is 0.588. The summed E-state index contributed by atoms with van der Waals surface area (Å²) in [7, 11) is 1.33. The first kappa shape index (κ1) is 17.2. The normalized spacial score (nSPS) is 14.7. The lowest BCUT2D eigenvalue weighted by Gasteiger charge is -2.37. The van der Waals surface area contributed by atoms with Crippen molar-refractivity contribution in [1.29, 1.82) is 0 Å². The molecule has 0 radical (unpaired) electrons. The monoisotopic (exact) mass is 320 g/mol. The predicted molar refractivity (Wildman–Crippen MR) is 86.3 cm³/mol. The zero-order chi connectivity index (χ0) is 17.1. The molecule has 23 heavy (non-hydrogen) atoms. The summed E-state index contributed by atoms with van der Waals surface area (Å²) in [5.41, 5.74) is 0.624. The zero-order valence-corrected chi connectivity index (χ0v) is 14.2. The molecule has 0 aromatic carbocycles. The van der Waals surface area contributed by atoms with Gasteiger partial charge in [0.1, 0.15) is 5.56 Å². The van der Waals surface area contributed by atoms with Crippen LogP contribution in [0, 0.1) is 18.8 Å². The molecule has 1 aliphatic heterocycles. The van der Waals surface area contributed by atoms with Gasteiger partial charge in [0.2, 0.25) is 0 Å². The summed E-state index contributed by atoms with van der Waals surface area (Å²) in [6.07, 6.45) is 2.62. The molecule has 126 valence electrons. The van der Waals surface area contributed by atoms with Crippen molar-refractivity contribution in [1.82, 2.24) is 9.47 Å². The molecular formula is C17H24N2O4. The number of carbonyl (C=O) groups excluding carboxylic acids is 2. The number of carbonyl (C=O) groups is 2. The Morgan fingerprint density at radius 1 is 1.35 bits per heavy atom. The first-order valence-electron chi connectivity index (χ1n) is 7.92. The Balaban J connectivity index is 2.16. The van der Waals surface area contributed by atoms with E-state index in [-0.39, 0.29) is 28.9 Å². The first-order chi connectivity index (χ1) is 10.8. The van der Waals surface area contributed by atoms with E-state index in [9.17, 15) is 14.4 Å². The maximum absolute atomic E-state index is 12.6. The van der Waals surface area contributed by atoms with E-state index in [0.717, 1.165) is 6.42 Å². The number of likely N-dealkylation sites (tertiary alicyclic amines) is 1. The van der Waals surface area contributed by atoms with Crippen LogP contribution in [0.5, 0.6) is 0 Å². The molecule has 6 nitrogen and oxygen atoms in total. The molecule has 0 saturated carbocycles. The first-order valence-corrected chi connectivity index (χ1v) is 7.92. The number of esters is 1. The molecule has 0 bridgehead atoms. The van der Waals surface area contributed by atoms with Crippen LogP contribution < -0.4 is 5.56 Å². The predicted octanol–water partition coefficient (Wildman–Crippen LogP) is 1.45. The highest BCUT2D eigenvalue weighted by molar-refractivity contribution is 5.96. The number of rotatable bonds is 5. The highest BCUT2D eigenvalue weighted by atomic mass is 16.5. The summed E-state index contributed by atoms with van der Waals surface area (Å²) >= 11 is 0. The molecule has 1 aliphatic rings. The second kappa shape index (κ2) is 6.98. The molecule has 0 atom stereocenters. The molecular weight excluding hydrogens is 296 g/mol. The van der Waals surface area contributed by atoms with Gasteiger partial charge in [-0.05, 0) is 30.9 Å². The maximum atomic E-state index is 12.6. The van der Waals surface area contributed by atoms with Gasteiger partial charge in [-0.3, -0.25) is 14.4 Å². The average Bonchev–Trinajstić information content (AvgIpc) is 2.44. The van der Waals surface area contributed by atoms with Gasteiger partial charge < -0.3 is 14.2 Å². The highest BCUT2D eigenvalue weighted by Crippen LogP contribution is 2.20. The number of hydrogen-bond acceptors (Lipinski definition) is 4. The van der Waals surface area contributed by atoms with Gasteiger partial charge in [-0.25, -0.2) is 0 Å². The Morgan fingerprint density at radius 2 is 2.00 bits per heavy atom. The molecule has 0 spiro atoms. The van der Waals surface area contributed by atoms with Gasteiger partial charge in [-0.2, -0.15) is 0 Å². The van der Waals surface area contributed by atoms with Crippen molar-refractivity contribution in [2.24, 2.45) is 11.8 Å². The summed E-state index contributed by atoms with van der Waals surface area (Å²) in [5.74, 6) is -0.408. The van der Waals surface area contributed by atoms with E-state index in [0.29, 0.717) is 31.1 Å². The maximum Gasteiger partial charge on any atom is 0.312 e. The van der Waals surface area contributed by atoms with Crippen LogP contribution >= 0.6 is 0 Å². The summed E-state index contributed by atoms with van der Waals surface area (Å²) in [6, 6.07) is 1.80. The molecule has 1 aromatic rings. The zero-order valence-electron chi connectivity index (χ0n) is 14.2. The quantitative estimate of drug-likeness (QED) is 0.770. The Morgan fingerprint density at radius 3 is 2.57 bits per heavy atom. The fourth-order valence-corrected chi connectivity index (χ4v) is 2.62. The minimum Gasteiger partial charge on any atom is -0.469 e. The minimum absolute atomic E-state index is 0.208. The van der Waals surface area contributed by atoms with Crippen molar-refractivity contribution in [3.05, 3.63) is 33.7 Å². The second-order valence-corrected chi connectivity index (χ2v) is 6.49. The van der Waals surface area contributed by atoms with Crippen LogP contribution in [0.1, 0.15) is 36.2 Å². The Labute approximate surface area is 136 Å². The highest BCUT2D eigenvalue weighted by Gasteiger charge is 2.38. The number of aromatic nitrogens is 1. The smallest absolute Gasteiger partial charge is 0.312 e. The van der Waals surface area contributed by atoms with Crippen molar-refractivity contribution in [3.63, 3.8) is 0 Å². The van der Waals surface area contributed by atoms with Crippen LogP contribution in [0.2, 0.25) is 0 Å². The van der Waals surface area contributed by atoms with Crippen LogP contribution in [0.25, 0.3) is 0 Å². The van der Waals surface area contributed by atoms with Crippen molar-refractivity contribution >= 4 is 11.9 Å². The lowest BCUT2D eigenvalue weighted by atomic mass is 9.98. The van der Waals surface area contributed by atoms with Crippen molar-refractivity contribution < 1.29 is 14.3 Å². The summed E-state index contributed by atoms with van der Waals surface area (Å²) in [6.45, 7) is 7.17. The third kappa shape index (κ3) is 3.63. The topological polar surface area (TPSA) is 68.6 Å². The summed E-state index contributed by atoms with van der Waals surface area (Å²) in [5, 5.41) is 0. The average molecular weight is 320 g/mol. The third-order valence-corrected chi connectivity index (χ3v) is 4.24. The molecule has 1 amide bonds. The molecule has 2 heterocycles. The van der Waals surface area contributed by atoms with Crippen LogP contribution in [0.15, 0.2) is 17.1 Å². The largest absolute Gasteiger partial charge is 0.469 e. The molecule has 1 aromatic heterocycles. The van der Waals surface area contributed by atoms with E-state index < -0.39 is 0 Å². The third-order valence-electron chi connectivity index (χ3n) is 4.24. The molecule has 1 fully saturated rings. The SMILES string of the molecule is COC(=O)C1CN(C(=O)c2c(C)ccn(CCC(C)C)c2=O)C1. The number of methoxy groups -OCH3 is 1. The number of amides is 1. The van der Waals surface area contributed by atoms with E-state index >= 15 is 0 Å². The van der Waals surface area contributed by atoms with Crippen LogP contribution in [0.4, 0.5) is 0 Å². The summed E-state index contributed by atoms with van der Waals surface area (Å²) < 4.78 is 6.26. The standard InChI is InChI=1S/C17H24N2O4/c1-11(2)5-7-18-8-6-12(3)14(15(18)20)16(21)19-9-13(10-19)17(22)23-4/h6,8,11,13H,5,7,9-10H2,1-4H3. The fourth-order valence-electron chi connectivity index (χ4n) is 2.62. The molecule has 0 N–H and O–H groups in total. The number of ether oxygens (including phenoxy) is 1. The minimum atomic E-state index is -0.312. The van der Waals surface area contributed by atoms with Gasteiger partial charge in [0.25, 0.3) is 11.5 Å². The molecule has 1 saturated heterocycles. The number of nitrogens with zero attached hydrogens (tertiary/aromatic N) is 2. The van der Waals surface area contributed by atoms with Crippen LogP contribution in [-0.2, 0) is 16.1 Å². The lowest BCUT2D eigenvalue weighted by molar-refractivity contribution is -0.149. The van der Waals surface area contributed by atoms with E-state index in [1.165, 1.54) is 12.0 Å². The second-order valence-electron chi connectivity index (χ2n) is 6.49. The van der Waals surface area contributed by atoms with Crippen LogP contribution in [-0.4, -0.2) is 41.5 Å². The van der Waals surface area contributed by atoms with Crippen molar-refractivity contribution in [3.8, 4) is 0 Å². The van der Waals surface area contributed by atoms with Gasteiger partial charge in [-0.1, -0.05) is 13.8 Å². The van der Waals surface area contributed by atoms with Gasteiger partial charge >= 0.3 is 5.97 Å². The van der Waals surface area contributed by atoms with Gasteiger partial charge in [0.05, 0.1) is 13.0 Å².